The highest BCUT2D eigenvalue weighted by molar-refractivity contribution is 6.00. The molecule has 0 bridgehead atoms. The minimum absolute atomic E-state index is 0.169. The van der Waals surface area contributed by atoms with Crippen molar-refractivity contribution in [2.75, 3.05) is 29.9 Å². The minimum atomic E-state index is -0.275. The standard InChI is InChI=1S/C48H51N5.C6H6/c1-8-19-42(53-35-39(6)44-26-13-15-27-46(44)52(7)33-18-21-36(3)43-25-14-16-28-47(43)53)31-29-38(5)48(50)51-45(32-30-41-22-11-10-12-23-41)37(4)20-17-24-40(9-2)34-49;1-2-4-6-5-3-1/h8-23,25-29,31-32,36,40H,1-2,4-6,24,30,33,35H2,3,7H3,(H2,50,51);1-6H/b20-17-,21-18-,31-29-,42-19+,45-32-;. The van der Waals surface area contributed by atoms with Gasteiger partial charge in [0.15, 0.2) is 0 Å². The molecule has 5 rings (SSSR count). The van der Waals surface area contributed by atoms with E-state index in [0.717, 1.165) is 40.3 Å². The van der Waals surface area contributed by atoms with E-state index in [4.69, 9.17) is 10.7 Å². The Balaban J connectivity index is 0.00000117. The molecule has 59 heavy (non-hydrogen) atoms. The van der Waals surface area contributed by atoms with E-state index < -0.39 is 0 Å². The summed E-state index contributed by atoms with van der Waals surface area (Å²) in [6.07, 6.45) is 20.8. The summed E-state index contributed by atoms with van der Waals surface area (Å²) in [6.45, 7) is 24.5. The second kappa shape index (κ2) is 23.8. The van der Waals surface area contributed by atoms with Gasteiger partial charge in [0, 0.05) is 54.3 Å². The third kappa shape index (κ3) is 13.8. The van der Waals surface area contributed by atoms with Crippen LogP contribution in [0.4, 0.5) is 11.4 Å². The van der Waals surface area contributed by atoms with E-state index in [1.807, 2.05) is 91.1 Å². The fourth-order valence-corrected chi connectivity index (χ4v) is 6.38. The maximum Gasteiger partial charge on any atom is 0.130 e. The quantitative estimate of drug-likeness (QED) is 0.0635. The molecule has 0 spiro atoms. The summed E-state index contributed by atoms with van der Waals surface area (Å²) >= 11 is 0. The molecule has 298 valence electrons. The van der Waals surface area contributed by atoms with Crippen LogP contribution in [0.2, 0.25) is 0 Å². The van der Waals surface area contributed by atoms with E-state index in [1.54, 1.807) is 12.2 Å². The van der Waals surface area contributed by atoms with E-state index >= 15 is 0 Å². The third-order valence-corrected chi connectivity index (χ3v) is 9.72. The maximum atomic E-state index is 9.33. The number of nitriles is 1. The molecule has 1 aliphatic heterocycles. The molecule has 5 heteroatoms. The lowest BCUT2D eigenvalue weighted by molar-refractivity contribution is 0.849. The molecule has 5 nitrogen and oxygen atoms in total. The molecule has 1 heterocycles. The first-order chi connectivity index (χ1) is 28.7. The highest BCUT2D eigenvalue weighted by Crippen LogP contribution is 2.35. The van der Waals surface area contributed by atoms with Gasteiger partial charge in [-0.15, -0.1) is 6.58 Å². The fourth-order valence-electron chi connectivity index (χ4n) is 6.38. The fraction of sp³-hybridized carbons (Fsp3) is 0.148. The SMILES string of the molecule is C=C/C=C(\C=C/C(=C)C(N)=N/C(=C\Cc1ccccc1)C(=C)/C=C\CC(C#N)C=C)N1CC(=C)c2ccccc2N(C)C/C=C\C(C)c2ccccc21.c1ccccc1. The second-order valence-corrected chi connectivity index (χ2v) is 14.1. The van der Waals surface area contributed by atoms with E-state index in [0.29, 0.717) is 36.2 Å². The summed E-state index contributed by atoms with van der Waals surface area (Å²) in [5, 5.41) is 9.33. The van der Waals surface area contributed by atoms with Crippen LogP contribution in [0.1, 0.15) is 36.0 Å². The van der Waals surface area contributed by atoms with Gasteiger partial charge in [0.2, 0.25) is 0 Å². The lowest BCUT2D eigenvalue weighted by Crippen LogP contribution is -2.26. The first kappa shape index (κ1) is 44.6. The Labute approximate surface area is 353 Å². The van der Waals surface area contributed by atoms with Crippen molar-refractivity contribution in [1.82, 2.24) is 0 Å². The predicted octanol–water partition coefficient (Wildman–Crippen LogP) is 12.5. The van der Waals surface area contributed by atoms with Crippen LogP contribution in [-0.2, 0) is 6.42 Å². The van der Waals surface area contributed by atoms with Crippen LogP contribution in [0, 0.1) is 17.2 Å². The number of aliphatic imine (C=N–C) groups is 1. The van der Waals surface area contributed by atoms with Crippen molar-refractivity contribution in [3.05, 3.63) is 248 Å². The maximum absolute atomic E-state index is 9.33. The van der Waals surface area contributed by atoms with Gasteiger partial charge in [-0.2, -0.15) is 5.26 Å². The van der Waals surface area contributed by atoms with E-state index in [-0.39, 0.29) is 17.7 Å². The molecule has 0 aliphatic carbocycles. The van der Waals surface area contributed by atoms with Crippen LogP contribution >= 0.6 is 0 Å². The molecule has 2 unspecified atom stereocenters. The number of amidine groups is 1. The van der Waals surface area contributed by atoms with Gasteiger partial charge in [0.25, 0.3) is 0 Å². The van der Waals surface area contributed by atoms with Crippen LogP contribution in [0.15, 0.2) is 236 Å². The number of para-hydroxylation sites is 2. The van der Waals surface area contributed by atoms with Crippen LogP contribution in [0.25, 0.3) is 5.57 Å². The van der Waals surface area contributed by atoms with Crippen molar-refractivity contribution >= 4 is 22.8 Å². The molecular formula is C54H57N5. The Hall–Kier alpha value is -7.16. The Bertz CT molecular complexity index is 2250. The summed E-state index contributed by atoms with van der Waals surface area (Å²) in [6, 6.07) is 41.3. The van der Waals surface area contributed by atoms with Gasteiger partial charge in [-0.3, -0.25) is 0 Å². The monoisotopic (exact) mass is 775 g/mol. The molecule has 2 N–H and O–H groups in total. The molecule has 0 fully saturated rings. The van der Waals surface area contributed by atoms with Gasteiger partial charge >= 0.3 is 0 Å². The predicted molar refractivity (Wildman–Crippen MR) is 255 cm³/mol. The molecule has 4 aromatic carbocycles. The van der Waals surface area contributed by atoms with E-state index in [9.17, 15) is 5.26 Å². The summed E-state index contributed by atoms with van der Waals surface area (Å²) in [5.74, 6) is 0.161. The number of allylic oxidation sites excluding steroid dienone is 8. The van der Waals surface area contributed by atoms with Crippen LogP contribution in [-0.4, -0.2) is 26.0 Å². The van der Waals surface area contributed by atoms with Gasteiger partial charge in [0.1, 0.15) is 5.84 Å². The lowest BCUT2D eigenvalue weighted by Gasteiger charge is -2.32. The van der Waals surface area contributed by atoms with Crippen molar-refractivity contribution in [3.63, 3.8) is 0 Å². The minimum Gasteiger partial charge on any atom is -0.383 e. The summed E-state index contributed by atoms with van der Waals surface area (Å²) in [4.78, 5) is 9.34. The number of rotatable bonds is 13. The Morgan fingerprint density at radius 1 is 0.864 bits per heavy atom. The van der Waals surface area contributed by atoms with Crippen LogP contribution in [0.5, 0.6) is 0 Å². The second-order valence-electron chi connectivity index (χ2n) is 14.1. The number of anilines is 2. The number of nitrogens with zero attached hydrogens (tertiary/aromatic N) is 4. The Morgan fingerprint density at radius 3 is 2.15 bits per heavy atom. The zero-order chi connectivity index (χ0) is 42.4. The summed E-state index contributed by atoms with van der Waals surface area (Å²) in [5.41, 5.74) is 16.0. The molecule has 0 aromatic heterocycles. The Kier molecular flexibility index (Phi) is 18.0. The molecule has 0 amide bonds. The molecule has 0 radical (unpaired) electrons. The van der Waals surface area contributed by atoms with E-state index in [1.165, 1.54) is 5.56 Å². The third-order valence-electron chi connectivity index (χ3n) is 9.72. The molecule has 1 aliphatic rings. The largest absolute Gasteiger partial charge is 0.383 e. The average Bonchev–Trinajstić information content (AvgIpc) is 3.27. The zero-order valence-electron chi connectivity index (χ0n) is 34.6. The molecule has 0 saturated heterocycles. The van der Waals surface area contributed by atoms with E-state index in [2.05, 4.69) is 136 Å². The van der Waals surface area contributed by atoms with Gasteiger partial charge in [-0.05, 0) is 65.5 Å². The number of nitrogens with two attached hydrogens (primary N) is 1. The summed E-state index contributed by atoms with van der Waals surface area (Å²) in [7, 11) is 2.11. The average molecular weight is 776 g/mol. The number of likely N-dealkylation sites (N-methyl/N-ethyl adjacent to an activating group) is 1. The highest BCUT2D eigenvalue weighted by atomic mass is 15.1. The van der Waals surface area contributed by atoms with Crippen molar-refractivity contribution < 1.29 is 0 Å². The number of hydrogen-bond donors (Lipinski definition) is 1. The van der Waals surface area contributed by atoms with Gasteiger partial charge in [0.05, 0.1) is 17.7 Å². The highest BCUT2D eigenvalue weighted by Gasteiger charge is 2.20. The van der Waals surface area contributed by atoms with Crippen molar-refractivity contribution in [3.8, 4) is 6.07 Å². The molecule has 0 saturated carbocycles. The summed E-state index contributed by atoms with van der Waals surface area (Å²) < 4.78 is 0. The normalized spacial score (nSPS) is 16.0. The number of benzene rings is 4. The van der Waals surface area contributed by atoms with Gasteiger partial charge in [-0.1, -0.05) is 179 Å². The molecular weight excluding hydrogens is 719 g/mol. The number of hydrogen-bond acceptors (Lipinski definition) is 4. The van der Waals surface area contributed by atoms with Crippen molar-refractivity contribution in [2.45, 2.75) is 25.7 Å². The van der Waals surface area contributed by atoms with Crippen LogP contribution < -0.4 is 15.5 Å². The topological polar surface area (TPSA) is 68.6 Å². The molecule has 2 atom stereocenters. The molecule has 4 aromatic rings. The van der Waals surface area contributed by atoms with Crippen molar-refractivity contribution in [1.29, 1.82) is 5.26 Å². The Morgan fingerprint density at radius 2 is 1.49 bits per heavy atom. The zero-order valence-corrected chi connectivity index (χ0v) is 34.6. The first-order valence-electron chi connectivity index (χ1n) is 19.8. The van der Waals surface area contributed by atoms with Gasteiger partial charge < -0.3 is 15.5 Å². The van der Waals surface area contributed by atoms with Crippen molar-refractivity contribution in [2.24, 2.45) is 16.6 Å². The van der Waals surface area contributed by atoms with Gasteiger partial charge in [-0.25, -0.2) is 4.99 Å². The lowest BCUT2D eigenvalue weighted by atomic mass is 9.96. The smallest absolute Gasteiger partial charge is 0.130 e. The number of fused-ring (bicyclic) bond motifs is 2. The first-order valence-corrected chi connectivity index (χ1v) is 19.8. The van der Waals surface area contributed by atoms with Crippen LogP contribution in [0.3, 0.4) is 0 Å².